The summed E-state index contributed by atoms with van der Waals surface area (Å²) in [6.45, 7) is 6.13. The van der Waals surface area contributed by atoms with Gasteiger partial charge in [0.1, 0.15) is 0 Å². The molecule has 2 saturated carbocycles. The highest BCUT2D eigenvalue weighted by Gasteiger charge is 2.27. The van der Waals surface area contributed by atoms with Crippen molar-refractivity contribution in [2.75, 3.05) is 26.7 Å². The maximum absolute atomic E-state index is 3.75. The number of hydrogen-bond donors (Lipinski definition) is 1. The average molecular weight is 252 g/mol. The fraction of sp³-hybridized carbons (Fsp3) is 1.00. The standard InChI is InChI=1S/C16H32N2/c1-3-11-17-16-9-5-8-15(16)10-12-18(2)13-14-6-4-7-14/h14-17H,3-13H2,1-2H3. The Bertz CT molecular complexity index is 225. The molecule has 0 heterocycles. The fourth-order valence-corrected chi connectivity index (χ4v) is 3.57. The van der Waals surface area contributed by atoms with Crippen molar-refractivity contribution in [2.24, 2.45) is 11.8 Å². The lowest BCUT2D eigenvalue weighted by atomic mass is 9.85. The predicted octanol–water partition coefficient (Wildman–Crippen LogP) is 3.28. The summed E-state index contributed by atoms with van der Waals surface area (Å²) >= 11 is 0. The minimum atomic E-state index is 0.821. The lowest BCUT2D eigenvalue weighted by Crippen LogP contribution is -2.36. The molecule has 2 nitrogen and oxygen atoms in total. The van der Waals surface area contributed by atoms with Gasteiger partial charge in [-0.3, -0.25) is 0 Å². The van der Waals surface area contributed by atoms with Gasteiger partial charge in [-0.15, -0.1) is 0 Å². The van der Waals surface area contributed by atoms with Crippen LogP contribution in [0.1, 0.15) is 58.3 Å². The Morgan fingerprint density at radius 3 is 2.56 bits per heavy atom. The van der Waals surface area contributed by atoms with Gasteiger partial charge < -0.3 is 10.2 Å². The number of nitrogens with zero attached hydrogens (tertiary/aromatic N) is 1. The first kappa shape index (κ1) is 14.3. The van der Waals surface area contributed by atoms with E-state index in [4.69, 9.17) is 0 Å². The molecular weight excluding hydrogens is 220 g/mol. The number of rotatable bonds is 8. The Hall–Kier alpha value is -0.0800. The second-order valence-electron chi connectivity index (χ2n) is 6.60. The normalized spacial score (nSPS) is 28.8. The van der Waals surface area contributed by atoms with Crippen LogP contribution in [0.5, 0.6) is 0 Å². The van der Waals surface area contributed by atoms with Crippen molar-refractivity contribution in [3.05, 3.63) is 0 Å². The average Bonchev–Trinajstić information content (AvgIpc) is 2.76. The molecule has 106 valence electrons. The summed E-state index contributed by atoms with van der Waals surface area (Å²) in [4.78, 5) is 2.58. The Morgan fingerprint density at radius 1 is 1.11 bits per heavy atom. The Labute approximate surface area is 114 Å². The first-order valence-corrected chi connectivity index (χ1v) is 8.21. The first-order valence-electron chi connectivity index (χ1n) is 8.21. The maximum Gasteiger partial charge on any atom is 0.00958 e. The molecule has 2 rings (SSSR count). The van der Waals surface area contributed by atoms with Gasteiger partial charge in [-0.25, -0.2) is 0 Å². The predicted molar refractivity (Wildman–Crippen MR) is 78.9 cm³/mol. The molecule has 0 aliphatic heterocycles. The molecule has 2 aliphatic carbocycles. The maximum atomic E-state index is 3.75. The van der Waals surface area contributed by atoms with E-state index in [9.17, 15) is 0 Å². The van der Waals surface area contributed by atoms with E-state index in [-0.39, 0.29) is 0 Å². The van der Waals surface area contributed by atoms with Crippen LogP contribution in [0.3, 0.4) is 0 Å². The molecule has 1 N–H and O–H groups in total. The van der Waals surface area contributed by atoms with E-state index in [2.05, 4.69) is 24.2 Å². The van der Waals surface area contributed by atoms with Gasteiger partial charge in [-0.05, 0) is 70.5 Å². The van der Waals surface area contributed by atoms with Crippen molar-refractivity contribution in [3.8, 4) is 0 Å². The first-order chi connectivity index (χ1) is 8.79. The second kappa shape index (κ2) is 7.49. The van der Waals surface area contributed by atoms with Gasteiger partial charge in [0.05, 0.1) is 0 Å². The van der Waals surface area contributed by atoms with E-state index in [1.165, 1.54) is 71.0 Å². The number of hydrogen-bond acceptors (Lipinski definition) is 2. The summed E-state index contributed by atoms with van der Waals surface area (Å²) < 4.78 is 0. The van der Waals surface area contributed by atoms with Crippen LogP contribution in [0.2, 0.25) is 0 Å². The SMILES string of the molecule is CCCNC1CCCC1CCN(C)CC1CCC1. The van der Waals surface area contributed by atoms with Crippen LogP contribution in [0.25, 0.3) is 0 Å². The van der Waals surface area contributed by atoms with Gasteiger partial charge >= 0.3 is 0 Å². The highest BCUT2D eigenvalue weighted by molar-refractivity contribution is 4.83. The van der Waals surface area contributed by atoms with Gasteiger partial charge in [0.15, 0.2) is 0 Å². The summed E-state index contributed by atoms with van der Waals surface area (Å²) in [6.07, 6.45) is 11.4. The summed E-state index contributed by atoms with van der Waals surface area (Å²) in [7, 11) is 2.32. The molecule has 0 spiro atoms. The van der Waals surface area contributed by atoms with E-state index in [1.54, 1.807) is 0 Å². The minimum absolute atomic E-state index is 0.821. The van der Waals surface area contributed by atoms with Crippen molar-refractivity contribution in [1.82, 2.24) is 10.2 Å². The van der Waals surface area contributed by atoms with Crippen molar-refractivity contribution in [2.45, 2.75) is 64.3 Å². The highest BCUT2D eigenvalue weighted by Crippen LogP contribution is 2.30. The number of nitrogens with one attached hydrogen (secondary N) is 1. The molecule has 0 aromatic heterocycles. The third-order valence-electron chi connectivity index (χ3n) is 4.99. The highest BCUT2D eigenvalue weighted by atomic mass is 15.1. The molecule has 2 fully saturated rings. The van der Waals surface area contributed by atoms with Crippen molar-refractivity contribution < 1.29 is 0 Å². The Balaban J connectivity index is 1.61. The molecule has 0 aromatic rings. The Kier molecular flexibility index (Phi) is 5.97. The van der Waals surface area contributed by atoms with Gasteiger partial charge in [-0.2, -0.15) is 0 Å². The monoisotopic (exact) mass is 252 g/mol. The molecule has 0 bridgehead atoms. The summed E-state index contributed by atoms with van der Waals surface area (Å²) in [5.74, 6) is 1.97. The van der Waals surface area contributed by atoms with Crippen LogP contribution in [-0.2, 0) is 0 Å². The summed E-state index contributed by atoms with van der Waals surface area (Å²) in [5.41, 5.74) is 0. The molecule has 2 aliphatic rings. The third-order valence-corrected chi connectivity index (χ3v) is 4.99. The topological polar surface area (TPSA) is 15.3 Å². The van der Waals surface area contributed by atoms with E-state index in [0.29, 0.717) is 0 Å². The van der Waals surface area contributed by atoms with E-state index >= 15 is 0 Å². The zero-order valence-electron chi connectivity index (χ0n) is 12.5. The Morgan fingerprint density at radius 2 is 1.89 bits per heavy atom. The molecule has 0 radical (unpaired) electrons. The quantitative estimate of drug-likeness (QED) is 0.713. The summed E-state index contributed by atoms with van der Waals surface area (Å²) in [6, 6.07) is 0.821. The van der Waals surface area contributed by atoms with Crippen LogP contribution in [0, 0.1) is 11.8 Å². The van der Waals surface area contributed by atoms with E-state index < -0.39 is 0 Å². The lowest BCUT2D eigenvalue weighted by molar-refractivity contribution is 0.193. The van der Waals surface area contributed by atoms with E-state index in [0.717, 1.165) is 17.9 Å². The largest absolute Gasteiger partial charge is 0.314 e. The molecule has 2 atom stereocenters. The molecule has 2 heteroatoms. The van der Waals surface area contributed by atoms with Crippen LogP contribution < -0.4 is 5.32 Å². The van der Waals surface area contributed by atoms with Crippen LogP contribution in [0.4, 0.5) is 0 Å². The van der Waals surface area contributed by atoms with Gasteiger partial charge in [0.25, 0.3) is 0 Å². The lowest BCUT2D eigenvalue weighted by Gasteiger charge is -2.31. The van der Waals surface area contributed by atoms with Crippen molar-refractivity contribution in [3.63, 3.8) is 0 Å². The molecule has 2 unspecified atom stereocenters. The van der Waals surface area contributed by atoms with Gasteiger partial charge in [0, 0.05) is 12.6 Å². The van der Waals surface area contributed by atoms with Crippen LogP contribution in [0.15, 0.2) is 0 Å². The van der Waals surface area contributed by atoms with Crippen molar-refractivity contribution in [1.29, 1.82) is 0 Å². The summed E-state index contributed by atoms with van der Waals surface area (Å²) in [5, 5.41) is 3.75. The zero-order valence-corrected chi connectivity index (χ0v) is 12.5. The van der Waals surface area contributed by atoms with Crippen LogP contribution in [-0.4, -0.2) is 37.6 Å². The van der Waals surface area contributed by atoms with Crippen LogP contribution >= 0.6 is 0 Å². The molecule has 0 aromatic carbocycles. The van der Waals surface area contributed by atoms with Gasteiger partial charge in [-0.1, -0.05) is 19.8 Å². The molecule has 18 heavy (non-hydrogen) atoms. The molecule has 0 amide bonds. The van der Waals surface area contributed by atoms with E-state index in [1.807, 2.05) is 0 Å². The van der Waals surface area contributed by atoms with Gasteiger partial charge in [0.2, 0.25) is 0 Å². The smallest absolute Gasteiger partial charge is 0.00958 e. The third kappa shape index (κ3) is 4.24. The molecule has 0 saturated heterocycles. The minimum Gasteiger partial charge on any atom is -0.314 e. The zero-order chi connectivity index (χ0) is 12.8. The second-order valence-corrected chi connectivity index (χ2v) is 6.60. The molecular formula is C16H32N2. The fourth-order valence-electron chi connectivity index (χ4n) is 3.57. The van der Waals surface area contributed by atoms with Crippen molar-refractivity contribution >= 4 is 0 Å².